The van der Waals surface area contributed by atoms with Crippen molar-refractivity contribution < 1.29 is 22.3 Å². The second-order valence-corrected chi connectivity index (χ2v) is 4.50. The average Bonchev–Trinajstić information content (AvgIpc) is 2.68. The number of halogens is 2. The Morgan fingerprint density at radius 2 is 2.00 bits per heavy atom. The van der Waals surface area contributed by atoms with E-state index in [1.807, 2.05) is 0 Å². The van der Waals surface area contributed by atoms with Gasteiger partial charge in [-0.05, 0) is 12.8 Å². The summed E-state index contributed by atoms with van der Waals surface area (Å²) in [6, 6.07) is 0. The van der Waals surface area contributed by atoms with Crippen molar-refractivity contribution >= 4 is 10.0 Å². The number of hydrogen-bond donors (Lipinski definition) is 2. The molecule has 0 aromatic carbocycles. The molecule has 1 saturated carbocycles. The highest BCUT2D eigenvalue weighted by Crippen LogP contribution is 2.35. The minimum atomic E-state index is -4.55. The molecule has 7 heteroatoms. The second-order valence-electron chi connectivity index (χ2n) is 2.85. The SMILES string of the molecule is O=S(=O)(NC1(CO)CC1)C(F)F. The molecule has 0 radical (unpaired) electrons. The number of rotatable bonds is 4. The van der Waals surface area contributed by atoms with Crippen molar-refractivity contribution in [1.82, 2.24) is 4.72 Å². The van der Waals surface area contributed by atoms with Crippen LogP contribution in [-0.2, 0) is 10.0 Å². The van der Waals surface area contributed by atoms with Gasteiger partial charge in [0.1, 0.15) is 0 Å². The van der Waals surface area contributed by atoms with E-state index in [0.717, 1.165) is 0 Å². The second kappa shape index (κ2) is 2.90. The Labute approximate surface area is 68.6 Å². The van der Waals surface area contributed by atoms with Gasteiger partial charge in [0.05, 0.1) is 12.1 Å². The van der Waals surface area contributed by atoms with Gasteiger partial charge in [-0.2, -0.15) is 8.78 Å². The van der Waals surface area contributed by atoms with Gasteiger partial charge in [0.25, 0.3) is 10.0 Å². The van der Waals surface area contributed by atoms with Crippen molar-refractivity contribution in [1.29, 1.82) is 0 Å². The third kappa shape index (κ3) is 1.90. The average molecular weight is 201 g/mol. The summed E-state index contributed by atoms with van der Waals surface area (Å²) in [6.45, 7) is -0.432. The van der Waals surface area contributed by atoms with Gasteiger partial charge < -0.3 is 5.11 Å². The number of nitrogens with one attached hydrogen (secondary N) is 1. The number of sulfonamides is 1. The van der Waals surface area contributed by atoms with Crippen LogP contribution >= 0.6 is 0 Å². The molecule has 1 aliphatic carbocycles. The third-order valence-corrected chi connectivity index (χ3v) is 2.94. The Balaban J connectivity index is 2.62. The lowest BCUT2D eigenvalue weighted by Crippen LogP contribution is -2.42. The van der Waals surface area contributed by atoms with Crippen molar-refractivity contribution in [2.24, 2.45) is 0 Å². The zero-order chi connectivity index (χ0) is 9.41. The summed E-state index contributed by atoms with van der Waals surface area (Å²) in [6.07, 6.45) is 0.824. The quantitative estimate of drug-likeness (QED) is 0.653. The molecule has 0 aliphatic heterocycles. The molecule has 72 valence electrons. The van der Waals surface area contributed by atoms with Gasteiger partial charge >= 0.3 is 5.76 Å². The van der Waals surface area contributed by atoms with E-state index in [0.29, 0.717) is 12.8 Å². The van der Waals surface area contributed by atoms with Crippen LogP contribution in [0.1, 0.15) is 12.8 Å². The van der Waals surface area contributed by atoms with Crippen molar-refractivity contribution in [2.75, 3.05) is 6.61 Å². The third-order valence-electron chi connectivity index (χ3n) is 1.75. The first-order valence-corrected chi connectivity index (χ1v) is 4.88. The first-order chi connectivity index (χ1) is 5.42. The van der Waals surface area contributed by atoms with Gasteiger partial charge in [0.15, 0.2) is 0 Å². The monoisotopic (exact) mass is 201 g/mol. The van der Waals surface area contributed by atoms with E-state index in [1.165, 1.54) is 0 Å². The smallest absolute Gasteiger partial charge is 0.350 e. The van der Waals surface area contributed by atoms with E-state index in [2.05, 4.69) is 0 Å². The van der Waals surface area contributed by atoms with Crippen LogP contribution in [0.2, 0.25) is 0 Å². The predicted octanol–water partition coefficient (Wildman–Crippen LogP) is -0.347. The predicted molar refractivity (Wildman–Crippen MR) is 37.1 cm³/mol. The zero-order valence-corrected chi connectivity index (χ0v) is 6.94. The van der Waals surface area contributed by atoms with Crippen molar-refractivity contribution in [3.8, 4) is 0 Å². The van der Waals surface area contributed by atoms with Gasteiger partial charge in [-0.1, -0.05) is 0 Å². The molecule has 0 aromatic rings. The number of aliphatic hydroxyl groups is 1. The molecule has 12 heavy (non-hydrogen) atoms. The standard InChI is InChI=1S/C5H9F2NO3S/c6-4(7)12(10,11)8-5(3-9)1-2-5/h4,8-9H,1-3H2. The Bertz CT molecular complexity index is 260. The van der Waals surface area contributed by atoms with Gasteiger partial charge in [0, 0.05) is 0 Å². The molecule has 0 amide bonds. The van der Waals surface area contributed by atoms with Crippen LogP contribution < -0.4 is 4.72 Å². The van der Waals surface area contributed by atoms with Gasteiger partial charge in [-0.25, -0.2) is 13.1 Å². The highest BCUT2D eigenvalue weighted by atomic mass is 32.2. The summed E-state index contributed by atoms with van der Waals surface area (Å²) < 4.78 is 46.5. The fourth-order valence-corrected chi connectivity index (χ4v) is 1.75. The van der Waals surface area contributed by atoms with Crippen LogP contribution in [0.4, 0.5) is 8.78 Å². The summed E-state index contributed by atoms with van der Waals surface area (Å²) in [5.74, 6) is -3.43. The Hall–Kier alpha value is -0.270. The molecule has 1 fully saturated rings. The van der Waals surface area contributed by atoms with E-state index < -0.39 is 27.9 Å². The topological polar surface area (TPSA) is 66.4 Å². The Morgan fingerprint density at radius 1 is 1.50 bits per heavy atom. The van der Waals surface area contributed by atoms with Crippen molar-refractivity contribution in [3.05, 3.63) is 0 Å². The van der Waals surface area contributed by atoms with Gasteiger partial charge in [-0.3, -0.25) is 0 Å². The first kappa shape index (κ1) is 9.82. The highest BCUT2D eigenvalue weighted by molar-refractivity contribution is 7.89. The number of aliphatic hydroxyl groups excluding tert-OH is 1. The van der Waals surface area contributed by atoms with Crippen LogP contribution in [-0.4, -0.2) is 31.4 Å². The molecule has 0 atom stereocenters. The first-order valence-electron chi connectivity index (χ1n) is 3.34. The van der Waals surface area contributed by atoms with Crippen LogP contribution in [0.3, 0.4) is 0 Å². The van der Waals surface area contributed by atoms with Crippen LogP contribution in [0.5, 0.6) is 0 Å². The summed E-state index contributed by atoms with van der Waals surface area (Å²) >= 11 is 0. The van der Waals surface area contributed by atoms with Crippen LogP contribution in [0, 0.1) is 0 Å². The molecule has 0 heterocycles. The summed E-state index contributed by atoms with van der Waals surface area (Å²) in [5, 5.41) is 8.63. The summed E-state index contributed by atoms with van der Waals surface area (Å²) in [7, 11) is -4.55. The molecule has 0 unspecified atom stereocenters. The fourth-order valence-electron chi connectivity index (χ4n) is 0.790. The van der Waals surface area contributed by atoms with Crippen molar-refractivity contribution in [3.63, 3.8) is 0 Å². The zero-order valence-electron chi connectivity index (χ0n) is 6.13. The maximum absolute atomic E-state index is 11.8. The van der Waals surface area contributed by atoms with Gasteiger partial charge in [0.2, 0.25) is 0 Å². The molecule has 2 N–H and O–H groups in total. The van der Waals surface area contributed by atoms with E-state index in [1.54, 1.807) is 4.72 Å². The highest BCUT2D eigenvalue weighted by Gasteiger charge is 2.47. The molecular formula is C5H9F2NO3S. The molecule has 1 aliphatic rings. The summed E-state index contributed by atoms with van der Waals surface area (Å²) in [5.41, 5.74) is -1.00. The lowest BCUT2D eigenvalue weighted by Gasteiger charge is -2.13. The Morgan fingerprint density at radius 3 is 2.25 bits per heavy atom. The Kier molecular flexibility index (Phi) is 2.37. The molecule has 0 saturated heterocycles. The van der Waals surface area contributed by atoms with Crippen molar-refractivity contribution in [2.45, 2.75) is 24.1 Å². The molecular weight excluding hydrogens is 192 g/mol. The minimum Gasteiger partial charge on any atom is -0.394 e. The minimum absolute atomic E-state index is 0.412. The van der Waals surface area contributed by atoms with Crippen LogP contribution in [0.25, 0.3) is 0 Å². The van der Waals surface area contributed by atoms with Crippen LogP contribution in [0.15, 0.2) is 0 Å². The maximum atomic E-state index is 11.8. The number of alkyl halides is 2. The lowest BCUT2D eigenvalue weighted by molar-refractivity contribution is 0.220. The lowest BCUT2D eigenvalue weighted by atomic mass is 10.3. The van der Waals surface area contributed by atoms with E-state index >= 15 is 0 Å². The molecule has 0 aromatic heterocycles. The van der Waals surface area contributed by atoms with E-state index in [-0.39, 0.29) is 0 Å². The van der Waals surface area contributed by atoms with Gasteiger partial charge in [-0.15, -0.1) is 0 Å². The maximum Gasteiger partial charge on any atom is 0.350 e. The van der Waals surface area contributed by atoms with E-state index in [4.69, 9.17) is 5.11 Å². The number of hydrogen-bond acceptors (Lipinski definition) is 3. The normalized spacial score (nSPS) is 21.3. The molecule has 0 spiro atoms. The molecule has 1 rings (SSSR count). The molecule has 0 bridgehead atoms. The summed E-state index contributed by atoms with van der Waals surface area (Å²) in [4.78, 5) is 0. The largest absolute Gasteiger partial charge is 0.394 e. The fraction of sp³-hybridized carbons (Fsp3) is 1.00. The van der Waals surface area contributed by atoms with E-state index in [9.17, 15) is 17.2 Å². The molecule has 4 nitrogen and oxygen atoms in total.